The van der Waals surface area contributed by atoms with Crippen molar-refractivity contribution < 1.29 is 14.7 Å². The number of urea groups is 1. The van der Waals surface area contributed by atoms with Crippen molar-refractivity contribution in [3.05, 3.63) is 11.6 Å². The number of hydrogen-bond acceptors (Lipinski definition) is 2. The number of aliphatic carboxylic acids is 1. The van der Waals surface area contributed by atoms with Crippen molar-refractivity contribution in [1.82, 2.24) is 10.6 Å². The highest BCUT2D eigenvalue weighted by Crippen LogP contribution is 2.20. The summed E-state index contributed by atoms with van der Waals surface area (Å²) < 4.78 is 0. The number of nitrogens with one attached hydrogen (secondary N) is 2. The van der Waals surface area contributed by atoms with E-state index >= 15 is 0 Å². The number of carbonyl (C=O) groups excluding carboxylic acids is 1. The van der Waals surface area contributed by atoms with Gasteiger partial charge in [-0.2, -0.15) is 0 Å². The van der Waals surface area contributed by atoms with Crippen LogP contribution in [-0.4, -0.2) is 29.7 Å². The van der Waals surface area contributed by atoms with Crippen molar-refractivity contribution >= 4 is 12.0 Å². The van der Waals surface area contributed by atoms with E-state index in [2.05, 4.69) is 16.7 Å². The number of allylic oxidation sites excluding steroid dienone is 1. The lowest BCUT2D eigenvalue weighted by molar-refractivity contribution is -0.141. The molecule has 0 aliphatic heterocycles. The fourth-order valence-corrected chi connectivity index (χ4v) is 2.13. The average molecular weight is 268 g/mol. The highest BCUT2D eigenvalue weighted by atomic mass is 16.4. The Morgan fingerprint density at radius 2 is 2.11 bits per heavy atom. The number of carboxylic acid groups (broad SMARTS) is 1. The van der Waals surface area contributed by atoms with Gasteiger partial charge in [-0.25, -0.2) is 9.59 Å². The highest BCUT2D eigenvalue weighted by molar-refractivity contribution is 5.83. The van der Waals surface area contributed by atoms with Crippen LogP contribution in [0, 0.1) is 5.41 Å². The van der Waals surface area contributed by atoms with Crippen LogP contribution in [0.2, 0.25) is 0 Å². The van der Waals surface area contributed by atoms with E-state index in [1.165, 1.54) is 12.0 Å². The van der Waals surface area contributed by atoms with Crippen LogP contribution in [0.25, 0.3) is 0 Å². The fraction of sp³-hybridized carbons (Fsp3) is 0.714. The molecule has 0 heterocycles. The van der Waals surface area contributed by atoms with Gasteiger partial charge in [0.2, 0.25) is 0 Å². The number of hydrogen-bond donors (Lipinski definition) is 3. The van der Waals surface area contributed by atoms with E-state index < -0.39 is 23.5 Å². The molecule has 5 heteroatoms. The molecule has 0 unspecified atom stereocenters. The molecule has 1 atom stereocenters. The maximum Gasteiger partial charge on any atom is 0.326 e. The second-order valence-corrected chi connectivity index (χ2v) is 6.04. The molecule has 0 saturated heterocycles. The number of amides is 2. The maximum absolute atomic E-state index is 11.7. The van der Waals surface area contributed by atoms with E-state index in [-0.39, 0.29) is 0 Å². The van der Waals surface area contributed by atoms with Crippen LogP contribution in [-0.2, 0) is 4.79 Å². The van der Waals surface area contributed by atoms with E-state index in [1.807, 2.05) is 0 Å². The fourth-order valence-electron chi connectivity index (χ4n) is 2.13. The standard InChI is InChI=1S/C14H24N2O3/c1-14(2,3)11(12(17)18)16-13(19)15-9-8-10-6-4-5-7-10/h6,11H,4-5,7-9H2,1-3H3,(H,17,18)(H2,15,16,19)/t11-/m0/s1. The Bertz CT molecular complexity index is 369. The van der Waals surface area contributed by atoms with E-state index in [0.717, 1.165) is 19.3 Å². The second-order valence-electron chi connectivity index (χ2n) is 6.04. The molecule has 0 saturated carbocycles. The van der Waals surface area contributed by atoms with Gasteiger partial charge in [-0.3, -0.25) is 0 Å². The first-order chi connectivity index (χ1) is 8.80. The van der Waals surface area contributed by atoms with Gasteiger partial charge in [0.15, 0.2) is 0 Å². The molecule has 1 rings (SSSR count). The molecule has 19 heavy (non-hydrogen) atoms. The van der Waals surface area contributed by atoms with Gasteiger partial charge in [-0.1, -0.05) is 32.4 Å². The molecule has 0 fully saturated rings. The molecular formula is C14H24N2O3. The van der Waals surface area contributed by atoms with Crippen LogP contribution in [0.15, 0.2) is 11.6 Å². The van der Waals surface area contributed by atoms with Gasteiger partial charge < -0.3 is 15.7 Å². The summed E-state index contributed by atoms with van der Waals surface area (Å²) in [5.74, 6) is -1.01. The number of carboxylic acids is 1. The minimum absolute atomic E-state index is 0.416. The predicted octanol–water partition coefficient (Wildman–Crippen LogP) is 2.29. The van der Waals surface area contributed by atoms with Crippen LogP contribution in [0.5, 0.6) is 0 Å². The highest BCUT2D eigenvalue weighted by Gasteiger charge is 2.32. The van der Waals surface area contributed by atoms with Crippen LogP contribution in [0.3, 0.4) is 0 Å². The Labute approximate surface area is 114 Å². The van der Waals surface area contributed by atoms with Crippen LogP contribution in [0.4, 0.5) is 4.79 Å². The van der Waals surface area contributed by atoms with Crippen LogP contribution in [0.1, 0.15) is 46.5 Å². The van der Waals surface area contributed by atoms with Crippen LogP contribution < -0.4 is 10.6 Å². The molecule has 1 aliphatic carbocycles. The van der Waals surface area contributed by atoms with Crippen LogP contribution >= 0.6 is 0 Å². The molecule has 1 aliphatic rings. The summed E-state index contributed by atoms with van der Waals surface area (Å²) in [7, 11) is 0. The molecule has 5 nitrogen and oxygen atoms in total. The first-order valence-electron chi connectivity index (χ1n) is 6.76. The second kappa shape index (κ2) is 6.59. The van der Waals surface area contributed by atoms with E-state index in [4.69, 9.17) is 5.11 Å². The summed E-state index contributed by atoms with van der Waals surface area (Å²) in [5, 5.41) is 14.3. The van der Waals surface area contributed by atoms with Crippen molar-refractivity contribution in [3.63, 3.8) is 0 Å². The first-order valence-corrected chi connectivity index (χ1v) is 6.76. The zero-order valence-electron chi connectivity index (χ0n) is 12.0. The average Bonchev–Trinajstić information content (AvgIpc) is 2.77. The molecular weight excluding hydrogens is 244 g/mol. The van der Waals surface area contributed by atoms with Gasteiger partial charge in [-0.05, 0) is 31.1 Å². The van der Waals surface area contributed by atoms with E-state index in [0.29, 0.717) is 6.54 Å². The van der Waals surface area contributed by atoms with Crippen molar-refractivity contribution in [2.24, 2.45) is 5.41 Å². The Morgan fingerprint density at radius 1 is 1.42 bits per heavy atom. The summed E-state index contributed by atoms with van der Waals surface area (Å²) in [6, 6.07) is -1.31. The third kappa shape index (κ3) is 5.32. The Hall–Kier alpha value is -1.52. The molecule has 0 bridgehead atoms. The molecule has 0 aromatic rings. The molecule has 0 aromatic heterocycles. The molecule has 0 radical (unpaired) electrons. The summed E-state index contributed by atoms with van der Waals surface area (Å²) in [6.07, 6.45) is 6.51. The SMILES string of the molecule is CC(C)(C)[C@@H](NC(=O)NCCC1=CCCC1)C(=O)O. The molecule has 108 valence electrons. The van der Waals surface area contributed by atoms with Crippen molar-refractivity contribution in [3.8, 4) is 0 Å². The largest absolute Gasteiger partial charge is 0.480 e. The van der Waals surface area contributed by atoms with Gasteiger partial charge in [0.05, 0.1) is 0 Å². The molecule has 0 spiro atoms. The van der Waals surface area contributed by atoms with Crippen molar-refractivity contribution in [1.29, 1.82) is 0 Å². The summed E-state index contributed by atoms with van der Waals surface area (Å²) in [6.45, 7) is 5.91. The smallest absolute Gasteiger partial charge is 0.326 e. The first kappa shape index (κ1) is 15.5. The van der Waals surface area contributed by atoms with Crippen molar-refractivity contribution in [2.45, 2.75) is 52.5 Å². The van der Waals surface area contributed by atoms with Crippen molar-refractivity contribution in [2.75, 3.05) is 6.54 Å². The normalized spacial score (nSPS) is 16.7. The predicted molar refractivity (Wildman–Crippen MR) is 74.0 cm³/mol. The van der Waals surface area contributed by atoms with Gasteiger partial charge >= 0.3 is 12.0 Å². The minimum Gasteiger partial charge on any atom is -0.480 e. The lowest BCUT2D eigenvalue weighted by atomic mass is 9.87. The number of rotatable bonds is 5. The zero-order valence-corrected chi connectivity index (χ0v) is 12.0. The molecule has 0 aromatic carbocycles. The molecule has 2 amide bonds. The Balaban J connectivity index is 2.34. The van der Waals surface area contributed by atoms with Gasteiger partial charge in [0, 0.05) is 6.54 Å². The Morgan fingerprint density at radius 3 is 2.58 bits per heavy atom. The lowest BCUT2D eigenvalue weighted by Gasteiger charge is -2.27. The quantitative estimate of drug-likeness (QED) is 0.669. The lowest BCUT2D eigenvalue weighted by Crippen LogP contribution is -2.52. The van der Waals surface area contributed by atoms with E-state index in [9.17, 15) is 9.59 Å². The topological polar surface area (TPSA) is 78.4 Å². The Kier molecular flexibility index (Phi) is 5.39. The summed E-state index contributed by atoms with van der Waals surface area (Å²) in [4.78, 5) is 22.8. The number of carbonyl (C=O) groups is 2. The van der Waals surface area contributed by atoms with E-state index in [1.54, 1.807) is 20.8 Å². The third-order valence-corrected chi connectivity index (χ3v) is 3.26. The molecule has 3 N–H and O–H groups in total. The maximum atomic E-state index is 11.7. The summed E-state index contributed by atoms with van der Waals surface area (Å²) in [5.41, 5.74) is 0.864. The zero-order chi connectivity index (χ0) is 14.5. The third-order valence-electron chi connectivity index (χ3n) is 3.26. The van der Waals surface area contributed by atoms with Gasteiger partial charge in [-0.15, -0.1) is 0 Å². The van der Waals surface area contributed by atoms with Gasteiger partial charge in [0.25, 0.3) is 0 Å². The summed E-state index contributed by atoms with van der Waals surface area (Å²) >= 11 is 0. The minimum atomic E-state index is -1.01. The monoisotopic (exact) mass is 268 g/mol. The van der Waals surface area contributed by atoms with Gasteiger partial charge in [0.1, 0.15) is 6.04 Å².